The van der Waals surface area contributed by atoms with Crippen molar-refractivity contribution in [1.29, 1.82) is 0 Å². The minimum absolute atomic E-state index is 0.0282. The van der Waals surface area contributed by atoms with Gasteiger partial charge in [-0.3, -0.25) is 0 Å². The fourth-order valence-electron chi connectivity index (χ4n) is 3.20. The molecule has 2 fully saturated rings. The summed E-state index contributed by atoms with van der Waals surface area (Å²) in [5.41, 5.74) is 0. The molecule has 2 aliphatic rings. The number of aryl methyl sites for hydroxylation is 1. The number of anilines is 2. The number of morpholine rings is 1. The molecule has 0 aromatic carbocycles. The van der Waals surface area contributed by atoms with Crippen LogP contribution in [0.15, 0.2) is 17.6 Å². The number of aromatic nitrogens is 5. The van der Waals surface area contributed by atoms with E-state index in [1.54, 1.807) is 11.6 Å². The van der Waals surface area contributed by atoms with Gasteiger partial charge >= 0.3 is 0 Å². The van der Waals surface area contributed by atoms with Crippen molar-refractivity contribution in [2.75, 3.05) is 49.2 Å². The molecule has 28 heavy (non-hydrogen) atoms. The summed E-state index contributed by atoms with van der Waals surface area (Å²) in [5, 5.41) is -0.0303. The second-order valence-electron chi connectivity index (χ2n) is 6.85. The van der Waals surface area contributed by atoms with Gasteiger partial charge in [0.15, 0.2) is 10.9 Å². The van der Waals surface area contributed by atoms with Crippen molar-refractivity contribution >= 4 is 21.9 Å². The Labute approximate surface area is 163 Å². The highest BCUT2D eigenvalue weighted by Crippen LogP contribution is 2.19. The zero-order chi connectivity index (χ0) is 19.6. The summed E-state index contributed by atoms with van der Waals surface area (Å²) in [7, 11) is -2.02. The number of ether oxygens (including phenoxy) is 1. The highest BCUT2D eigenvalue weighted by molar-refractivity contribution is 7.89. The number of nitrogens with zero attached hydrogens (tertiary/aromatic N) is 7. The lowest BCUT2D eigenvalue weighted by atomic mass is 10.4. The second-order valence-corrected chi connectivity index (χ2v) is 8.56. The number of hydrogen-bond donors (Lipinski definition) is 1. The van der Waals surface area contributed by atoms with E-state index < -0.39 is 10.0 Å². The Morgan fingerprint density at radius 1 is 1.04 bits per heavy atom. The van der Waals surface area contributed by atoms with Crippen LogP contribution in [-0.4, -0.2) is 72.3 Å². The molecule has 1 N–H and O–H groups in total. The second kappa shape index (κ2) is 7.97. The Kier molecular flexibility index (Phi) is 5.42. The molecule has 0 unspecified atom stereocenters. The lowest BCUT2D eigenvalue weighted by Gasteiger charge is -2.28. The summed E-state index contributed by atoms with van der Waals surface area (Å²) in [6.07, 6.45) is 5.09. The molecular weight excluding hydrogens is 384 g/mol. The Hall–Kier alpha value is -2.31. The van der Waals surface area contributed by atoms with Crippen LogP contribution in [0.5, 0.6) is 0 Å². The van der Waals surface area contributed by atoms with Crippen LogP contribution in [0.25, 0.3) is 0 Å². The summed E-state index contributed by atoms with van der Waals surface area (Å²) in [6.45, 7) is 4.39. The first-order valence-corrected chi connectivity index (χ1v) is 10.8. The highest BCUT2D eigenvalue weighted by atomic mass is 32.2. The summed E-state index contributed by atoms with van der Waals surface area (Å²) >= 11 is 0. The molecule has 2 aliphatic heterocycles. The molecule has 0 amide bonds. The third-order valence-corrected chi connectivity index (χ3v) is 6.00. The van der Waals surface area contributed by atoms with E-state index in [9.17, 15) is 8.42 Å². The Morgan fingerprint density at radius 3 is 2.29 bits per heavy atom. The molecule has 0 aliphatic carbocycles. The van der Waals surface area contributed by atoms with Crippen LogP contribution >= 0.6 is 0 Å². The van der Waals surface area contributed by atoms with E-state index in [4.69, 9.17) is 4.74 Å². The number of rotatable bonds is 6. The zero-order valence-electron chi connectivity index (χ0n) is 15.8. The number of imidazole rings is 1. The molecule has 152 valence electrons. The van der Waals surface area contributed by atoms with Crippen molar-refractivity contribution in [3.05, 3.63) is 18.3 Å². The molecule has 0 spiro atoms. The number of sulfonamides is 1. The van der Waals surface area contributed by atoms with Crippen LogP contribution < -0.4 is 14.5 Å². The third kappa shape index (κ3) is 4.23. The highest BCUT2D eigenvalue weighted by Gasteiger charge is 2.22. The van der Waals surface area contributed by atoms with E-state index >= 15 is 0 Å². The molecule has 0 saturated carbocycles. The first kappa shape index (κ1) is 19.0. The van der Waals surface area contributed by atoms with Gasteiger partial charge in [0.05, 0.1) is 26.1 Å². The van der Waals surface area contributed by atoms with Gasteiger partial charge in [0.1, 0.15) is 0 Å². The molecule has 12 heteroatoms. The van der Waals surface area contributed by atoms with Crippen LogP contribution in [-0.2, 0) is 28.4 Å². The summed E-state index contributed by atoms with van der Waals surface area (Å²) in [5.74, 6) is 1.55. The smallest absolute Gasteiger partial charge is 0.259 e. The summed E-state index contributed by atoms with van der Waals surface area (Å²) < 4.78 is 34.4. The van der Waals surface area contributed by atoms with Crippen LogP contribution in [0.3, 0.4) is 0 Å². The summed E-state index contributed by atoms with van der Waals surface area (Å²) in [6, 6.07) is 0. The van der Waals surface area contributed by atoms with Gasteiger partial charge in [-0.2, -0.15) is 15.0 Å². The topological polar surface area (TPSA) is 118 Å². The molecule has 0 bridgehead atoms. The standard InChI is InChI=1S/C16H24N8O3S/c1-22-11-14(17-12-22)28(25,26)18-10-13-19-15(23-4-2-3-5-23)21-16(20-13)24-6-8-27-9-7-24/h11-12,18H,2-10H2,1H3. The fourth-order valence-corrected chi connectivity index (χ4v) is 4.16. The minimum atomic E-state index is -3.74. The van der Waals surface area contributed by atoms with E-state index in [1.807, 2.05) is 4.90 Å². The Bertz CT molecular complexity index is 920. The minimum Gasteiger partial charge on any atom is -0.378 e. The van der Waals surface area contributed by atoms with Crippen LogP contribution in [0, 0.1) is 0 Å². The summed E-state index contributed by atoms with van der Waals surface area (Å²) in [4.78, 5) is 21.7. The van der Waals surface area contributed by atoms with Gasteiger partial charge in [0.2, 0.25) is 11.9 Å². The molecule has 2 aromatic heterocycles. The van der Waals surface area contributed by atoms with Crippen LogP contribution in [0.1, 0.15) is 18.7 Å². The SMILES string of the molecule is Cn1cnc(S(=O)(=O)NCc2nc(N3CCCC3)nc(N3CCOCC3)n2)c1. The van der Waals surface area contributed by atoms with Gasteiger partial charge in [0, 0.05) is 39.4 Å². The predicted molar refractivity (Wildman–Crippen MR) is 102 cm³/mol. The van der Waals surface area contributed by atoms with Crippen molar-refractivity contribution in [2.45, 2.75) is 24.4 Å². The largest absolute Gasteiger partial charge is 0.378 e. The van der Waals surface area contributed by atoms with Crippen LogP contribution in [0.4, 0.5) is 11.9 Å². The molecule has 11 nitrogen and oxygen atoms in total. The maximum absolute atomic E-state index is 12.5. The van der Waals surface area contributed by atoms with Crippen molar-refractivity contribution < 1.29 is 13.2 Å². The van der Waals surface area contributed by atoms with Crippen molar-refractivity contribution in [1.82, 2.24) is 29.2 Å². The molecule has 4 heterocycles. The van der Waals surface area contributed by atoms with E-state index in [1.165, 1.54) is 12.5 Å². The monoisotopic (exact) mass is 408 g/mol. The van der Waals surface area contributed by atoms with Crippen molar-refractivity contribution in [3.63, 3.8) is 0 Å². The van der Waals surface area contributed by atoms with Gasteiger partial charge in [0.25, 0.3) is 10.0 Å². The van der Waals surface area contributed by atoms with E-state index in [2.05, 4.69) is 29.6 Å². The first-order chi connectivity index (χ1) is 13.5. The molecule has 2 saturated heterocycles. The van der Waals surface area contributed by atoms with Gasteiger partial charge < -0.3 is 19.1 Å². The van der Waals surface area contributed by atoms with Crippen molar-refractivity contribution in [2.24, 2.45) is 7.05 Å². The Balaban J connectivity index is 1.57. The Morgan fingerprint density at radius 2 is 1.68 bits per heavy atom. The first-order valence-electron chi connectivity index (χ1n) is 9.31. The number of nitrogens with one attached hydrogen (secondary N) is 1. The fraction of sp³-hybridized carbons (Fsp3) is 0.625. The van der Waals surface area contributed by atoms with Gasteiger partial charge in [-0.15, -0.1) is 0 Å². The lowest BCUT2D eigenvalue weighted by Crippen LogP contribution is -2.38. The van der Waals surface area contributed by atoms with E-state index in [0.29, 0.717) is 44.0 Å². The zero-order valence-corrected chi connectivity index (χ0v) is 16.6. The van der Waals surface area contributed by atoms with E-state index in [0.717, 1.165) is 25.9 Å². The molecule has 2 aromatic rings. The normalized spacial score (nSPS) is 18.0. The number of hydrogen-bond acceptors (Lipinski definition) is 9. The van der Waals surface area contributed by atoms with Gasteiger partial charge in [-0.25, -0.2) is 18.1 Å². The molecule has 4 rings (SSSR count). The maximum atomic E-state index is 12.5. The quantitative estimate of drug-likeness (QED) is 0.676. The van der Waals surface area contributed by atoms with Gasteiger partial charge in [-0.1, -0.05) is 0 Å². The third-order valence-electron chi connectivity index (χ3n) is 4.72. The van der Waals surface area contributed by atoms with Gasteiger partial charge in [-0.05, 0) is 12.8 Å². The average molecular weight is 408 g/mol. The van der Waals surface area contributed by atoms with Crippen molar-refractivity contribution in [3.8, 4) is 0 Å². The van der Waals surface area contributed by atoms with E-state index in [-0.39, 0.29) is 11.6 Å². The molecule has 0 atom stereocenters. The van der Waals surface area contributed by atoms with Crippen LogP contribution in [0.2, 0.25) is 0 Å². The lowest BCUT2D eigenvalue weighted by molar-refractivity contribution is 0.122. The maximum Gasteiger partial charge on any atom is 0.259 e. The average Bonchev–Trinajstić information content (AvgIpc) is 3.39. The molecule has 0 radical (unpaired) electrons. The predicted octanol–water partition coefficient (Wildman–Crippen LogP) is -0.480. The molecular formula is C16H24N8O3S.